The first-order valence-corrected chi connectivity index (χ1v) is 13.1. The van der Waals surface area contributed by atoms with Crippen molar-refractivity contribution in [1.82, 2.24) is 9.21 Å². The topological polar surface area (TPSA) is 96.0 Å². The van der Waals surface area contributed by atoms with Gasteiger partial charge in [-0.3, -0.25) is 9.59 Å². The van der Waals surface area contributed by atoms with Crippen LogP contribution in [0.15, 0.2) is 53.4 Å². The molecule has 8 nitrogen and oxygen atoms in total. The Morgan fingerprint density at radius 2 is 1.65 bits per heavy atom. The number of rotatable bonds is 7. The number of hydrogen-bond donors (Lipinski definition) is 1. The summed E-state index contributed by atoms with van der Waals surface area (Å²) in [6, 6.07) is 13.6. The van der Waals surface area contributed by atoms with Gasteiger partial charge in [0.1, 0.15) is 5.75 Å². The van der Waals surface area contributed by atoms with Gasteiger partial charge in [-0.1, -0.05) is 12.1 Å². The summed E-state index contributed by atoms with van der Waals surface area (Å²) >= 11 is 0. The number of amides is 2. The third kappa shape index (κ3) is 5.59. The van der Waals surface area contributed by atoms with E-state index >= 15 is 0 Å². The summed E-state index contributed by atoms with van der Waals surface area (Å²) in [7, 11) is -2.16. The lowest BCUT2D eigenvalue weighted by atomic mass is 9.98. The van der Waals surface area contributed by atoms with Crippen molar-refractivity contribution in [2.45, 2.75) is 37.0 Å². The smallest absolute Gasteiger partial charge is 0.243 e. The Balaban J connectivity index is 1.35. The first-order chi connectivity index (χ1) is 16.4. The molecule has 1 N–H and O–H groups in total. The molecule has 2 aliphatic rings. The van der Waals surface area contributed by atoms with E-state index in [-0.39, 0.29) is 23.3 Å². The molecular weight excluding hydrogens is 454 g/mol. The van der Waals surface area contributed by atoms with Crippen molar-refractivity contribution in [2.24, 2.45) is 5.92 Å². The molecule has 2 aromatic carbocycles. The van der Waals surface area contributed by atoms with Crippen molar-refractivity contribution in [3.05, 3.63) is 54.1 Å². The van der Waals surface area contributed by atoms with Crippen LogP contribution in [0.5, 0.6) is 5.75 Å². The number of nitrogens with one attached hydrogen (secondary N) is 1. The molecule has 34 heavy (non-hydrogen) atoms. The SMILES string of the molecule is COc1ccc(S(=O)(=O)N2CCC[C@H](C(=O)Nc3ccc(CC(=O)N4CCCC4)cc3)C2)cc1. The molecule has 2 amide bonds. The van der Waals surface area contributed by atoms with Crippen molar-refractivity contribution < 1.29 is 22.7 Å². The van der Waals surface area contributed by atoms with Gasteiger partial charge in [0.05, 0.1) is 24.3 Å². The van der Waals surface area contributed by atoms with Gasteiger partial charge in [0.15, 0.2) is 0 Å². The number of likely N-dealkylation sites (tertiary alicyclic amines) is 1. The second-order valence-electron chi connectivity index (χ2n) is 8.83. The van der Waals surface area contributed by atoms with Crippen molar-refractivity contribution in [3.8, 4) is 5.75 Å². The normalized spacial score (nSPS) is 19.1. The monoisotopic (exact) mass is 485 g/mol. The Labute approximate surface area is 200 Å². The zero-order valence-corrected chi connectivity index (χ0v) is 20.2. The maximum Gasteiger partial charge on any atom is 0.243 e. The van der Waals surface area contributed by atoms with Gasteiger partial charge in [0.25, 0.3) is 0 Å². The van der Waals surface area contributed by atoms with Crippen LogP contribution in [0, 0.1) is 5.92 Å². The molecule has 4 rings (SSSR count). The van der Waals surface area contributed by atoms with E-state index in [1.165, 1.54) is 23.5 Å². The number of nitrogens with zero attached hydrogens (tertiary/aromatic N) is 2. The van der Waals surface area contributed by atoms with E-state index in [1.54, 1.807) is 24.3 Å². The molecule has 1 atom stereocenters. The van der Waals surface area contributed by atoms with Crippen LogP contribution >= 0.6 is 0 Å². The fourth-order valence-electron chi connectivity index (χ4n) is 4.47. The van der Waals surface area contributed by atoms with Gasteiger partial charge in [-0.15, -0.1) is 0 Å². The van der Waals surface area contributed by atoms with Gasteiger partial charge in [-0.05, 0) is 67.6 Å². The van der Waals surface area contributed by atoms with Crippen LogP contribution in [0.2, 0.25) is 0 Å². The zero-order valence-electron chi connectivity index (χ0n) is 19.4. The first-order valence-electron chi connectivity index (χ1n) is 11.7. The van der Waals surface area contributed by atoms with Crippen LogP contribution < -0.4 is 10.1 Å². The largest absolute Gasteiger partial charge is 0.497 e. The van der Waals surface area contributed by atoms with E-state index in [9.17, 15) is 18.0 Å². The third-order valence-electron chi connectivity index (χ3n) is 6.49. The van der Waals surface area contributed by atoms with Crippen molar-refractivity contribution in [2.75, 3.05) is 38.6 Å². The number of benzene rings is 2. The minimum Gasteiger partial charge on any atom is -0.497 e. The van der Waals surface area contributed by atoms with Crippen LogP contribution in [0.3, 0.4) is 0 Å². The molecule has 2 saturated heterocycles. The highest BCUT2D eigenvalue weighted by Crippen LogP contribution is 2.26. The molecule has 0 bridgehead atoms. The predicted octanol–water partition coefficient (Wildman–Crippen LogP) is 2.90. The fraction of sp³-hybridized carbons (Fsp3) is 0.440. The number of piperidine rings is 1. The number of methoxy groups -OCH3 is 1. The molecule has 0 unspecified atom stereocenters. The molecule has 2 aromatic rings. The molecule has 2 aliphatic heterocycles. The Bertz CT molecular complexity index is 1110. The van der Waals surface area contributed by atoms with Gasteiger partial charge in [0, 0.05) is 31.9 Å². The lowest BCUT2D eigenvalue weighted by molar-refractivity contribution is -0.129. The van der Waals surface area contributed by atoms with Crippen molar-refractivity contribution >= 4 is 27.5 Å². The lowest BCUT2D eigenvalue weighted by Gasteiger charge is -2.31. The van der Waals surface area contributed by atoms with E-state index < -0.39 is 15.9 Å². The predicted molar refractivity (Wildman–Crippen MR) is 129 cm³/mol. The number of ether oxygens (including phenoxy) is 1. The molecule has 0 radical (unpaired) electrons. The molecule has 2 fully saturated rings. The number of anilines is 1. The zero-order chi connectivity index (χ0) is 24.1. The van der Waals surface area contributed by atoms with Crippen LogP contribution in [-0.2, 0) is 26.0 Å². The van der Waals surface area contributed by atoms with Gasteiger partial charge in [-0.2, -0.15) is 4.31 Å². The Morgan fingerprint density at radius 3 is 2.29 bits per heavy atom. The quantitative estimate of drug-likeness (QED) is 0.651. The molecule has 0 saturated carbocycles. The second kappa shape index (κ2) is 10.6. The van der Waals surface area contributed by atoms with Crippen LogP contribution in [-0.4, -0.2) is 62.7 Å². The molecule has 0 spiro atoms. The maximum atomic E-state index is 13.1. The number of carbonyl (C=O) groups is 2. The van der Waals surface area contributed by atoms with E-state index in [2.05, 4.69) is 5.32 Å². The first kappa shape index (κ1) is 24.2. The number of hydrogen-bond acceptors (Lipinski definition) is 5. The van der Waals surface area contributed by atoms with Crippen molar-refractivity contribution in [3.63, 3.8) is 0 Å². The fourth-order valence-corrected chi connectivity index (χ4v) is 6.00. The summed E-state index contributed by atoms with van der Waals surface area (Å²) in [5.41, 5.74) is 1.54. The molecule has 182 valence electrons. The van der Waals surface area contributed by atoms with Crippen LogP contribution in [0.1, 0.15) is 31.2 Å². The lowest BCUT2D eigenvalue weighted by Crippen LogP contribution is -2.43. The summed E-state index contributed by atoms with van der Waals surface area (Å²) in [4.78, 5) is 27.3. The average molecular weight is 486 g/mol. The molecular formula is C25H31N3O5S. The van der Waals surface area contributed by atoms with Gasteiger partial charge in [0.2, 0.25) is 21.8 Å². The summed E-state index contributed by atoms with van der Waals surface area (Å²) in [5.74, 6) is 0.0876. The van der Waals surface area contributed by atoms with E-state index in [1.807, 2.05) is 17.0 Å². The van der Waals surface area contributed by atoms with Gasteiger partial charge < -0.3 is 15.0 Å². The summed E-state index contributed by atoms with van der Waals surface area (Å²) in [6.45, 7) is 2.19. The molecule has 2 heterocycles. The summed E-state index contributed by atoms with van der Waals surface area (Å²) in [6.07, 6.45) is 3.73. The van der Waals surface area contributed by atoms with Crippen LogP contribution in [0.4, 0.5) is 5.69 Å². The Hall–Kier alpha value is -2.91. The summed E-state index contributed by atoms with van der Waals surface area (Å²) in [5, 5.41) is 2.90. The second-order valence-corrected chi connectivity index (χ2v) is 10.8. The van der Waals surface area contributed by atoms with E-state index in [0.29, 0.717) is 37.2 Å². The Kier molecular flexibility index (Phi) is 7.53. The van der Waals surface area contributed by atoms with Crippen LogP contribution in [0.25, 0.3) is 0 Å². The average Bonchev–Trinajstić information content (AvgIpc) is 3.41. The minimum absolute atomic E-state index is 0.134. The van der Waals surface area contributed by atoms with Crippen molar-refractivity contribution in [1.29, 1.82) is 0 Å². The van der Waals surface area contributed by atoms with E-state index in [4.69, 9.17) is 4.74 Å². The molecule has 0 aliphatic carbocycles. The highest BCUT2D eigenvalue weighted by atomic mass is 32.2. The highest BCUT2D eigenvalue weighted by Gasteiger charge is 2.33. The van der Waals surface area contributed by atoms with Gasteiger partial charge >= 0.3 is 0 Å². The highest BCUT2D eigenvalue weighted by molar-refractivity contribution is 7.89. The summed E-state index contributed by atoms with van der Waals surface area (Å²) < 4.78 is 32.6. The molecule has 0 aromatic heterocycles. The minimum atomic E-state index is -3.69. The number of carbonyl (C=O) groups excluding carboxylic acids is 2. The maximum absolute atomic E-state index is 13.1. The van der Waals surface area contributed by atoms with Gasteiger partial charge in [-0.25, -0.2) is 8.42 Å². The van der Waals surface area contributed by atoms with E-state index in [0.717, 1.165) is 31.5 Å². The third-order valence-corrected chi connectivity index (χ3v) is 8.37. The Morgan fingerprint density at radius 1 is 0.971 bits per heavy atom. The standard InChI is InChI=1S/C25H31N3O5S/c1-33-22-10-12-23(13-11-22)34(31,32)28-16-4-5-20(18-28)25(30)26-21-8-6-19(7-9-21)17-24(29)27-14-2-3-15-27/h6-13,20H,2-5,14-18H2,1H3,(H,26,30)/t20-/m0/s1. The number of sulfonamides is 1. The molecule has 9 heteroatoms.